The van der Waals surface area contributed by atoms with Crippen molar-refractivity contribution in [2.75, 3.05) is 24.6 Å². The molecule has 1 saturated heterocycles. The second kappa shape index (κ2) is 8.65. The van der Waals surface area contributed by atoms with E-state index < -0.39 is 0 Å². The highest BCUT2D eigenvalue weighted by Crippen LogP contribution is 2.27. The third kappa shape index (κ3) is 4.82. The first-order valence-electron chi connectivity index (χ1n) is 8.32. The van der Waals surface area contributed by atoms with Crippen LogP contribution >= 0.6 is 23.1 Å². The smallest absolute Gasteiger partial charge is 0.221 e. The number of hydrogen-bond acceptors (Lipinski definition) is 5. The molecule has 1 aliphatic heterocycles. The lowest BCUT2D eigenvalue weighted by Crippen LogP contribution is -2.41. The van der Waals surface area contributed by atoms with Crippen molar-refractivity contribution >= 4 is 29.0 Å². The Labute approximate surface area is 151 Å². The van der Waals surface area contributed by atoms with Gasteiger partial charge in [-0.05, 0) is 6.92 Å². The fraction of sp³-hybridized carbons (Fsp3) is 0.444. The van der Waals surface area contributed by atoms with Crippen LogP contribution in [0, 0.1) is 6.92 Å². The Kier molecular flexibility index (Phi) is 6.29. The highest BCUT2D eigenvalue weighted by atomic mass is 32.2. The van der Waals surface area contributed by atoms with Gasteiger partial charge in [-0.1, -0.05) is 30.3 Å². The molecule has 1 unspecified atom stereocenters. The molecule has 2 aromatic rings. The molecule has 4 nitrogen and oxygen atoms in total. The van der Waals surface area contributed by atoms with Gasteiger partial charge in [0.2, 0.25) is 5.91 Å². The summed E-state index contributed by atoms with van der Waals surface area (Å²) in [6.45, 7) is 3.76. The molecule has 0 radical (unpaired) electrons. The number of nitrogens with zero attached hydrogens (tertiary/aromatic N) is 1. The summed E-state index contributed by atoms with van der Waals surface area (Å²) in [6.07, 6.45) is 1.36. The van der Waals surface area contributed by atoms with Crippen LogP contribution in [0.2, 0.25) is 0 Å². The zero-order chi connectivity index (χ0) is 16.8. The highest BCUT2D eigenvalue weighted by Gasteiger charge is 2.16. The Hall–Kier alpha value is -1.37. The lowest BCUT2D eigenvalue weighted by atomic mass is 10.1. The molecule has 1 aliphatic rings. The minimum Gasteiger partial charge on any atom is -0.356 e. The van der Waals surface area contributed by atoms with E-state index in [0.29, 0.717) is 19.0 Å². The number of rotatable bonds is 6. The van der Waals surface area contributed by atoms with E-state index in [1.807, 2.05) is 30.0 Å². The van der Waals surface area contributed by atoms with Gasteiger partial charge in [-0.2, -0.15) is 11.8 Å². The Morgan fingerprint density at radius 3 is 2.96 bits per heavy atom. The van der Waals surface area contributed by atoms with Crippen LogP contribution in [0.5, 0.6) is 0 Å². The number of aryl methyl sites for hydroxylation is 1. The highest BCUT2D eigenvalue weighted by molar-refractivity contribution is 7.99. The largest absolute Gasteiger partial charge is 0.356 e. The van der Waals surface area contributed by atoms with Gasteiger partial charge in [0.05, 0.1) is 10.7 Å². The summed E-state index contributed by atoms with van der Waals surface area (Å²) in [7, 11) is 0. The Balaban J connectivity index is 1.47. The molecule has 2 N–H and O–H groups in total. The predicted molar refractivity (Wildman–Crippen MR) is 103 cm³/mol. The van der Waals surface area contributed by atoms with E-state index in [1.54, 1.807) is 11.3 Å². The van der Waals surface area contributed by atoms with Crippen molar-refractivity contribution in [2.24, 2.45) is 0 Å². The molecule has 1 atom stereocenters. The van der Waals surface area contributed by atoms with E-state index >= 15 is 0 Å². The van der Waals surface area contributed by atoms with Gasteiger partial charge in [-0.25, -0.2) is 4.98 Å². The van der Waals surface area contributed by atoms with Crippen LogP contribution in [0.15, 0.2) is 30.3 Å². The Morgan fingerprint density at radius 1 is 1.38 bits per heavy atom. The van der Waals surface area contributed by atoms with E-state index in [-0.39, 0.29) is 5.91 Å². The van der Waals surface area contributed by atoms with Crippen molar-refractivity contribution < 1.29 is 4.79 Å². The Morgan fingerprint density at radius 2 is 2.21 bits per heavy atom. The van der Waals surface area contributed by atoms with Crippen LogP contribution in [-0.2, 0) is 11.2 Å². The van der Waals surface area contributed by atoms with Crippen LogP contribution in [0.4, 0.5) is 0 Å². The number of nitrogens with one attached hydrogen (secondary N) is 2. The minimum absolute atomic E-state index is 0.131. The number of aromatic nitrogens is 1. The molecule has 6 heteroatoms. The summed E-state index contributed by atoms with van der Waals surface area (Å²) in [4.78, 5) is 18.0. The second-order valence-electron chi connectivity index (χ2n) is 5.91. The van der Waals surface area contributed by atoms with Gasteiger partial charge < -0.3 is 10.6 Å². The van der Waals surface area contributed by atoms with Crippen LogP contribution in [0.25, 0.3) is 11.3 Å². The van der Waals surface area contributed by atoms with Crippen molar-refractivity contribution in [1.82, 2.24) is 15.6 Å². The number of benzene rings is 1. The summed E-state index contributed by atoms with van der Waals surface area (Å²) in [5.41, 5.74) is 2.22. The van der Waals surface area contributed by atoms with Gasteiger partial charge >= 0.3 is 0 Å². The van der Waals surface area contributed by atoms with Gasteiger partial charge in [0.25, 0.3) is 0 Å². The third-order valence-electron chi connectivity index (χ3n) is 3.98. The van der Waals surface area contributed by atoms with E-state index in [0.717, 1.165) is 40.7 Å². The van der Waals surface area contributed by atoms with Gasteiger partial charge in [0, 0.05) is 53.9 Å². The molecule has 1 aromatic carbocycles. The lowest BCUT2D eigenvalue weighted by molar-refractivity contribution is -0.121. The zero-order valence-corrected chi connectivity index (χ0v) is 15.5. The van der Waals surface area contributed by atoms with Crippen LogP contribution in [0.1, 0.15) is 16.3 Å². The van der Waals surface area contributed by atoms with Gasteiger partial charge in [-0.3, -0.25) is 4.79 Å². The summed E-state index contributed by atoms with van der Waals surface area (Å²) >= 11 is 3.64. The van der Waals surface area contributed by atoms with E-state index in [2.05, 4.69) is 29.7 Å². The van der Waals surface area contributed by atoms with Crippen molar-refractivity contribution in [3.05, 3.63) is 40.2 Å². The molecule has 2 heterocycles. The van der Waals surface area contributed by atoms with Crippen molar-refractivity contribution in [2.45, 2.75) is 25.8 Å². The standard InChI is InChI=1S/C18H23N3OS2/c1-13-18(14-5-3-2-4-6-14)21-17(24-13)7-8-20-16(22)11-15-12-23-10-9-19-15/h2-6,15,19H,7-12H2,1H3,(H,20,22). The number of carbonyl (C=O) groups excluding carboxylic acids is 1. The molecule has 1 amide bonds. The number of amides is 1. The molecule has 1 fully saturated rings. The zero-order valence-electron chi connectivity index (χ0n) is 13.9. The fourth-order valence-electron chi connectivity index (χ4n) is 2.78. The first-order chi connectivity index (χ1) is 11.7. The van der Waals surface area contributed by atoms with Crippen molar-refractivity contribution in [3.63, 3.8) is 0 Å². The molecule has 0 saturated carbocycles. The summed E-state index contributed by atoms with van der Waals surface area (Å²) in [5.74, 6) is 2.30. The van der Waals surface area contributed by atoms with Crippen LogP contribution < -0.4 is 10.6 Å². The van der Waals surface area contributed by atoms with E-state index in [9.17, 15) is 4.79 Å². The number of thiazole rings is 1. The summed E-state index contributed by atoms with van der Waals surface area (Å²) in [6, 6.07) is 10.6. The molecule has 0 bridgehead atoms. The third-order valence-corrected chi connectivity index (χ3v) is 6.14. The van der Waals surface area contributed by atoms with Gasteiger partial charge in [0.1, 0.15) is 0 Å². The maximum atomic E-state index is 12.0. The molecule has 24 heavy (non-hydrogen) atoms. The summed E-state index contributed by atoms with van der Waals surface area (Å²) < 4.78 is 0. The molecule has 1 aromatic heterocycles. The number of hydrogen-bond donors (Lipinski definition) is 2. The first-order valence-corrected chi connectivity index (χ1v) is 10.3. The maximum absolute atomic E-state index is 12.0. The van der Waals surface area contributed by atoms with Crippen LogP contribution in [0.3, 0.4) is 0 Å². The van der Waals surface area contributed by atoms with E-state index in [1.165, 1.54) is 4.88 Å². The average Bonchev–Trinajstić information content (AvgIpc) is 2.97. The number of carbonyl (C=O) groups is 1. The van der Waals surface area contributed by atoms with Crippen LogP contribution in [-0.4, -0.2) is 41.5 Å². The quantitative estimate of drug-likeness (QED) is 0.831. The predicted octanol–water partition coefficient (Wildman–Crippen LogP) is 2.87. The second-order valence-corrected chi connectivity index (χ2v) is 8.35. The topological polar surface area (TPSA) is 54.0 Å². The molecule has 0 aliphatic carbocycles. The SMILES string of the molecule is Cc1sc(CCNC(=O)CC2CSCCN2)nc1-c1ccccc1. The number of thioether (sulfide) groups is 1. The molecule has 128 valence electrons. The molecule has 0 spiro atoms. The molecule has 3 rings (SSSR count). The molecular formula is C18H23N3OS2. The average molecular weight is 362 g/mol. The van der Waals surface area contributed by atoms with Crippen molar-refractivity contribution in [3.8, 4) is 11.3 Å². The normalized spacial score (nSPS) is 17.6. The fourth-order valence-corrected chi connectivity index (χ4v) is 4.68. The minimum atomic E-state index is 0.131. The summed E-state index contributed by atoms with van der Waals surface area (Å²) in [5, 5.41) is 7.50. The molecular weight excluding hydrogens is 338 g/mol. The lowest BCUT2D eigenvalue weighted by Gasteiger charge is -2.22. The van der Waals surface area contributed by atoms with Crippen molar-refractivity contribution in [1.29, 1.82) is 0 Å². The first kappa shape index (κ1) is 17.5. The maximum Gasteiger partial charge on any atom is 0.221 e. The van der Waals surface area contributed by atoms with E-state index in [4.69, 9.17) is 4.98 Å². The van der Waals surface area contributed by atoms with Gasteiger partial charge in [0.15, 0.2) is 0 Å². The monoisotopic (exact) mass is 361 g/mol. The van der Waals surface area contributed by atoms with Gasteiger partial charge in [-0.15, -0.1) is 11.3 Å². The Bertz CT molecular complexity index is 666.